The summed E-state index contributed by atoms with van der Waals surface area (Å²) in [6, 6.07) is 4.45. The Morgan fingerprint density at radius 2 is 2.07 bits per heavy atom. The second kappa shape index (κ2) is 2.79. The van der Waals surface area contributed by atoms with Crippen LogP contribution in [0.25, 0.3) is 0 Å². The molecule has 0 N–H and O–H groups in total. The van der Waals surface area contributed by atoms with Gasteiger partial charge in [0.25, 0.3) is 5.69 Å². The first-order valence-electron chi connectivity index (χ1n) is 4.45. The van der Waals surface area contributed by atoms with Gasteiger partial charge in [-0.25, -0.2) is 0 Å². The molecule has 78 valence electrons. The van der Waals surface area contributed by atoms with E-state index in [0.29, 0.717) is 11.3 Å². The predicted molar refractivity (Wildman–Crippen MR) is 51.8 cm³/mol. The summed E-state index contributed by atoms with van der Waals surface area (Å²) in [6.07, 6.45) is 0. The zero-order valence-corrected chi connectivity index (χ0v) is 8.31. The molecular weight excluding hydrogens is 198 g/mol. The lowest BCUT2D eigenvalue weighted by Gasteiger charge is -2.12. The minimum Gasteiger partial charge on any atom is -0.425 e. The monoisotopic (exact) mass is 207 g/mol. The minimum absolute atomic E-state index is 0.0663. The molecule has 5 nitrogen and oxygen atoms in total. The molecule has 1 aliphatic heterocycles. The van der Waals surface area contributed by atoms with Crippen LogP contribution in [-0.2, 0) is 10.2 Å². The van der Waals surface area contributed by atoms with Gasteiger partial charge in [-0.2, -0.15) is 0 Å². The van der Waals surface area contributed by atoms with Crippen molar-refractivity contribution in [3.8, 4) is 5.75 Å². The number of ether oxygens (including phenoxy) is 1. The quantitative estimate of drug-likeness (QED) is 0.304. The van der Waals surface area contributed by atoms with Crippen LogP contribution in [0.15, 0.2) is 18.2 Å². The van der Waals surface area contributed by atoms with Crippen molar-refractivity contribution in [3.63, 3.8) is 0 Å². The van der Waals surface area contributed by atoms with Crippen molar-refractivity contribution in [2.45, 2.75) is 19.3 Å². The van der Waals surface area contributed by atoms with Crippen molar-refractivity contribution >= 4 is 11.7 Å². The van der Waals surface area contributed by atoms with Crippen LogP contribution >= 0.6 is 0 Å². The Balaban J connectivity index is 2.72. The molecule has 0 bridgehead atoms. The van der Waals surface area contributed by atoms with Crippen LogP contribution < -0.4 is 4.74 Å². The Hall–Kier alpha value is -1.91. The van der Waals surface area contributed by atoms with Gasteiger partial charge in [-0.3, -0.25) is 14.9 Å². The molecule has 0 amide bonds. The number of benzene rings is 1. The largest absolute Gasteiger partial charge is 0.425 e. The van der Waals surface area contributed by atoms with E-state index in [1.165, 1.54) is 12.1 Å². The van der Waals surface area contributed by atoms with Crippen LogP contribution in [0.5, 0.6) is 5.75 Å². The Bertz CT molecular complexity index is 464. The van der Waals surface area contributed by atoms with E-state index in [9.17, 15) is 14.9 Å². The van der Waals surface area contributed by atoms with E-state index >= 15 is 0 Å². The van der Waals surface area contributed by atoms with E-state index in [-0.39, 0.29) is 5.69 Å². The molecule has 0 saturated carbocycles. The Morgan fingerprint density at radius 3 is 2.67 bits per heavy atom. The maximum absolute atomic E-state index is 11.5. The lowest BCUT2D eigenvalue weighted by Crippen LogP contribution is -2.26. The molecular formula is C10H9NO4. The lowest BCUT2D eigenvalue weighted by molar-refractivity contribution is -0.385. The summed E-state index contributed by atoms with van der Waals surface area (Å²) in [4.78, 5) is 21.8. The highest BCUT2D eigenvalue weighted by molar-refractivity contribution is 5.91. The molecule has 0 aromatic heterocycles. The summed E-state index contributed by atoms with van der Waals surface area (Å²) in [5, 5.41) is 10.8. The van der Waals surface area contributed by atoms with Gasteiger partial charge in [0.15, 0.2) is 0 Å². The van der Waals surface area contributed by atoms with Crippen LogP contribution in [0.1, 0.15) is 19.4 Å². The van der Waals surface area contributed by atoms with Crippen LogP contribution in [0, 0.1) is 10.1 Å². The van der Waals surface area contributed by atoms with Gasteiger partial charge in [-0.1, -0.05) is 6.07 Å². The highest BCUT2D eigenvalue weighted by Gasteiger charge is 2.45. The topological polar surface area (TPSA) is 69.4 Å². The average Bonchev–Trinajstić information content (AvgIpc) is 2.38. The number of esters is 1. The van der Waals surface area contributed by atoms with Gasteiger partial charge >= 0.3 is 5.97 Å². The lowest BCUT2D eigenvalue weighted by atomic mass is 9.85. The fourth-order valence-electron chi connectivity index (χ4n) is 1.71. The molecule has 5 heteroatoms. The third-order valence-corrected chi connectivity index (χ3v) is 2.54. The van der Waals surface area contributed by atoms with E-state index in [4.69, 9.17) is 4.74 Å². The Labute approximate surface area is 85.8 Å². The number of nitrogens with zero attached hydrogens (tertiary/aromatic N) is 1. The highest BCUT2D eigenvalue weighted by atomic mass is 16.6. The fourth-order valence-corrected chi connectivity index (χ4v) is 1.71. The molecule has 1 heterocycles. The minimum atomic E-state index is -0.945. The fraction of sp³-hybridized carbons (Fsp3) is 0.300. The van der Waals surface area contributed by atoms with Crippen LogP contribution in [0.3, 0.4) is 0 Å². The van der Waals surface area contributed by atoms with Gasteiger partial charge < -0.3 is 4.74 Å². The molecule has 0 aliphatic carbocycles. The maximum atomic E-state index is 11.5. The second-order valence-corrected chi connectivity index (χ2v) is 3.92. The first-order valence-corrected chi connectivity index (χ1v) is 4.45. The summed E-state index contributed by atoms with van der Waals surface area (Å²) in [5.74, 6) is -0.161. The molecule has 15 heavy (non-hydrogen) atoms. The predicted octanol–water partition coefficient (Wildman–Crippen LogP) is 1.79. The van der Waals surface area contributed by atoms with Gasteiger partial charge in [-0.05, 0) is 19.9 Å². The SMILES string of the molecule is CC1(C)C(=O)Oc2cccc([N+](=O)[O-])c21. The van der Waals surface area contributed by atoms with Gasteiger partial charge in [0.1, 0.15) is 5.75 Å². The summed E-state index contributed by atoms with van der Waals surface area (Å²) < 4.78 is 4.97. The number of carbonyl (C=O) groups excluding carboxylic acids is 1. The van der Waals surface area contributed by atoms with Crippen molar-refractivity contribution in [2.24, 2.45) is 0 Å². The smallest absolute Gasteiger partial charge is 0.321 e. The number of hydrogen-bond donors (Lipinski definition) is 0. The normalized spacial score (nSPS) is 17.1. The van der Waals surface area contributed by atoms with E-state index in [1.54, 1.807) is 19.9 Å². The standard InChI is InChI=1S/C10H9NO4/c1-10(2)8-6(11(13)14)4-3-5-7(8)15-9(10)12/h3-5H,1-2H3. The van der Waals surface area contributed by atoms with Crippen LogP contribution in [-0.4, -0.2) is 10.9 Å². The van der Waals surface area contributed by atoms with Crippen LogP contribution in [0.4, 0.5) is 5.69 Å². The maximum Gasteiger partial charge on any atom is 0.321 e. The number of hydrogen-bond acceptors (Lipinski definition) is 4. The van der Waals surface area contributed by atoms with Gasteiger partial charge in [-0.15, -0.1) is 0 Å². The van der Waals surface area contributed by atoms with Crippen molar-refractivity contribution < 1.29 is 14.5 Å². The van der Waals surface area contributed by atoms with Crippen molar-refractivity contribution in [3.05, 3.63) is 33.9 Å². The first kappa shape index (κ1) is 9.64. The van der Waals surface area contributed by atoms with E-state index in [1.807, 2.05) is 0 Å². The molecule has 0 spiro atoms. The van der Waals surface area contributed by atoms with Crippen LogP contribution in [0.2, 0.25) is 0 Å². The van der Waals surface area contributed by atoms with Crippen molar-refractivity contribution in [1.29, 1.82) is 0 Å². The van der Waals surface area contributed by atoms with E-state index < -0.39 is 16.3 Å². The molecule has 0 atom stereocenters. The molecule has 0 radical (unpaired) electrons. The summed E-state index contributed by atoms with van der Waals surface area (Å²) in [7, 11) is 0. The molecule has 1 aromatic rings. The Morgan fingerprint density at radius 1 is 1.40 bits per heavy atom. The van der Waals surface area contributed by atoms with Crippen molar-refractivity contribution in [1.82, 2.24) is 0 Å². The summed E-state index contributed by atoms with van der Waals surface area (Å²) in [5.41, 5.74) is -0.651. The molecule has 1 aromatic carbocycles. The number of carbonyl (C=O) groups is 1. The van der Waals surface area contributed by atoms with E-state index in [2.05, 4.69) is 0 Å². The number of fused-ring (bicyclic) bond motifs is 1. The zero-order valence-electron chi connectivity index (χ0n) is 8.31. The first-order chi connectivity index (χ1) is 6.94. The third-order valence-electron chi connectivity index (χ3n) is 2.54. The molecule has 0 unspecified atom stereocenters. The zero-order chi connectivity index (χ0) is 11.2. The third kappa shape index (κ3) is 1.20. The molecule has 0 fully saturated rings. The number of rotatable bonds is 1. The number of nitro benzene ring substituents is 1. The molecule has 0 saturated heterocycles. The average molecular weight is 207 g/mol. The van der Waals surface area contributed by atoms with Gasteiger partial charge in [0, 0.05) is 6.07 Å². The highest BCUT2D eigenvalue weighted by Crippen LogP contribution is 2.44. The Kier molecular flexibility index (Phi) is 1.79. The van der Waals surface area contributed by atoms with Gasteiger partial charge in [0.05, 0.1) is 15.9 Å². The second-order valence-electron chi connectivity index (χ2n) is 3.92. The summed E-state index contributed by atoms with van der Waals surface area (Å²) in [6.45, 7) is 3.24. The van der Waals surface area contributed by atoms with E-state index in [0.717, 1.165) is 0 Å². The number of nitro groups is 1. The van der Waals surface area contributed by atoms with Crippen molar-refractivity contribution in [2.75, 3.05) is 0 Å². The van der Waals surface area contributed by atoms with Gasteiger partial charge in [0.2, 0.25) is 0 Å². The molecule has 1 aliphatic rings. The molecule has 2 rings (SSSR count). The summed E-state index contributed by atoms with van der Waals surface area (Å²) >= 11 is 0.